The smallest absolute Gasteiger partial charge is 0.132 e. The molecule has 0 bridgehead atoms. The third-order valence-electron chi connectivity index (χ3n) is 5.02. The standard InChI is InChI=1S/C22H24N4/c1-18-16-21(24-17-23-18)25-12-14-26(15-13-25)22(19-8-4-2-5-9-19)20-10-6-3-7-11-20/h2-11,16-17,22H,12-15H2,1H3. The van der Waals surface area contributed by atoms with Gasteiger partial charge in [-0.15, -0.1) is 0 Å². The molecule has 0 aliphatic carbocycles. The van der Waals surface area contributed by atoms with E-state index in [-0.39, 0.29) is 0 Å². The molecule has 4 rings (SSSR count). The van der Waals surface area contributed by atoms with Crippen LogP contribution in [0.5, 0.6) is 0 Å². The van der Waals surface area contributed by atoms with Crippen LogP contribution in [0.25, 0.3) is 0 Å². The number of anilines is 1. The zero-order valence-corrected chi connectivity index (χ0v) is 15.1. The first-order valence-electron chi connectivity index (χ1n) is 9.19. The van der Waals surface area contributed by atoms with Gasteiger partial charge in [-0.3, -0.25) is 4.90 Å². The van der Waals surface area contributed by atoms with E-state index in [4.69, 9.17) is 0 Å². The predicted octanol–water partition coefficient (Wildman–Crippen LogP) is 3.70. The monoisotopic (exact) mass is 344 g/mol. The average Bonchev–Trinajstić information content (AvgIpc) is 2.70. The first kappa shape index (κ1) is 16.7. The van der Waals surface area contributed by atoms with Gasteiger partial charge in [-0.1, -0.05) is 60.7 Å². The molecule has 1 aromatic heterocycles. The average molecular weight is 344 g/mol. The van der Waals surface area contributed by atoms with Crippen LogP contribution in [0.2, 0.25) is 0 Å². The van der Waals surface area contributed by atoms with E-state index in [9.17, 15) is 0 Å². The van der Waals surface area contributed by atoms with Crippen LogP contribution >= 0.6 is 0 Å². The highest BCUT2D eigenvalue weighted by molar-refractivity contribution is 5.40. The van der Waals surface area contributed by atoms with Crippen molar-refractivity contribution in [2.24, 2.45) is 0 Å². The zero-order valence-electron chi connectivity index (χ0n) is 15.1. The Hall–Kier alpha value is -2.72. The number of aromatic nitrogens is 2. The summed E-state index contributed by atoms with van der Waals surface area (Å²) in [4.78, 5) is 13.6. The van der Waals surface area contributed by atoms with E-state index in [1.165, 1.54) is 11.1 Å². The second kappa shape index (κ2) is 7.67. The van der Waals surface area contributed by atoms with Gasteiger partial charge in [0.25, 0.3) is 0 Å². The third kappa shape index (κ3) is 3.60. The molecule has 0 spiro atoms. The Labute approximate surface area is 155 Å². The molecule has 0 unspecified atom stereocenters. The molecule has 1 aliphatic heterocycles. The number of benzene rings is 2. The number of hydrogen-bond acceptors (Lipinski definition) is 4. The molecule has 0 N–H and O–H groups in total. The van der Waals surface area contributed by atoms with E-state index in [1.54, 1.807) is 6.33 Å². The lowest BCUT2D eigenvalue weighted by Gasteiger charge is -2.40. The zero-order chi connectivity index (χ0) is 17.8. The van der Waals surface area contributed by atoms with Crippen molar-refractivity contribution in [1.29, 1.82) is 0 Å². The van der Waals surface area contributed by atoms with Crippen LogP contribution in [-0.2, 0) is 0 Å². The van der Waals surface area contributed by atoms with E-state index < -0.39 is 0 Å². The molecule has 4 nitrogen and oxygen atoms in total. The molecule has 0 amide bonds. The van der Waals surface area contributed by atoms with Gasteiger partial charge in [0.05, 0.1) is 6.04 Å². The molecule has 3 aromatic rings. The molecular formula is C22H24N4. The fourth-order valence-electron chi connectivity index (χ4n) is 3.71. The van der Waals surface area contributed by atoms with Crippen LogP contribution in [0, 0.1) is 6.92 Å². The van der Waals surface area contributed by atoms with Gasteiger partial charge in [0.2, 0.25) is 0 Å². The van der Waals surface area contributed by atoms with Gasteiger partial charge in [-0.25, -0.2) is 9.97 Å². The number of hydrogen-bond donors (Lipinski definition) is 0. The maximum Gasteiger partial charge on any atom is 0.132 e. The van der Waals surface area contributed by atoms with E-state index in [0.717, 1.165) is 37.7 Å². The molecule has 132 valence electrons. The second-order valence-corrected chi connectivity index (χ2v) is 6.76. The number of nitrogens with zero attached hydrogens (tertiary/aromatic N) is 4. The van der Waals surface area contributed by atoms with Crippen molar-refractivity contribution < 1.29 is 0 Å². The number of piperazine rings is 1. The lowest BCUT2D eigenvalue weighted by Crippen LogP contribution is -2.48. The summed E-state index contributed by atoms with van der Waals surface area (Å²) < 4.78 is 0. The highest BCUT2D eigenvalue weighted by Crippen LogP contribution is 2.30. The molecule has 1 fully saturated rings. The maximum absolute atomic E-state index is 4.45. The van der Waals surface area contributed by atoms with Crippen LogP contribution in [0.3, 0.4) is 0 Å². The van der Waals surface area contributed by atoms with Gasteiger partial charge < -0.3 is 4.90 Å². The SMILES string of the molecule is Cc1cc(N2CCN(C(c3ccccc3)c3ccccc3)CC2)ncn1. The predicted molar refractivity (Wildman–Crippen MR) is 105 cm³/mol. The third-order valence-corrected chi connectivity index (χ3v) is 5.02. The summed E-state index contributed by atoms with van der Waals surface area (Å²) in [6.07, 6.45) is 1.66. The van der Waals surface area contributed by atoms with E-state index in [1.807, 2.05) is 6.92 Å². The topological polar surface area (TPSA) is 32.3 Å². The molecule has 0 saturated carbocycles. The van der Waals surface area contributed by atoms with Crippen molar-refractivity contribution in [3.63, 3.8) is 0 Å². The van der Waals surface area contributed by atoms with Gasteiger partial charge in [0.15, 0.2) is 0 Å². The lowest BCUT2D eigenvalue weighted by atomic mass is 9.96. The highest BCUT2D eigenvalue weighted by atomic mass is 15.3. The second-order valence-electron chi connectivity index (χ2n) is 6.76. The Bertz CT molecular complexity index is 788. The summed E-state index contributed by atoms with van der Waals surface area (Å²) in [6, 6.07) is 24.0. The Morgan fingerprint density at radius 3 is 1.88 bits per heavy atom. The molecule has 1 saturated heterocycles. The van der Waals surface area contributed by atoms with Crippen LogP contribution in [0.4, 0.5) is 5.82 Å². The van der Waals surface area contributed by atoms with Gasteiger partial charge in [-0.2, -0.15) is 0 Å². The Morgan fingerprint density at radius 2 is 1.35 bits per heavy atom. The van der Waals surface area contributed by atoms with E-state index >= 15 is 0 Å². The minimum absolute atomic E-state index is 0.298. The van der Waals surface area contributed by atoms with E-state index in [2.05, 4.69) is 86.5 Å². The summed E-state index contributed by atoms with van der Waals surface area (Å²) in [5.41, 5.74) is 3.72. The van der Waals surface area contributed by atoms with Gasteiger partial charge >= 0.3 is 0 Å². The first-order valence-corrected chi connectivity index (χ1v) is 9.19. The van der Waals surface area contributed by atoms with Crippen molar-refractivity contribution in [2.75, 3.05) is 31.1 Å². The van der Waals surface area contributed by atoms with Gasteiger partial charge in [-0.05, 0) is 18.1 Å². The van der Waals surface area contributed by atoms with Crippen LogP contribution in [-0.4, -0.2) is 41.0 Å². The fourth-order valence-corrected chi connectivity index (χ4v) is 3.71. The summed E-state index contributed by atoms with van der Waals surface area (Å²) in [6.45, 7) is 6.00. The van der Waals surface area contributed by atoms with Crippen molar-refractivity contribution in [3.8, 4) is 0 Å². The van der Waals surface area contributed by atoms with Crippen LogP contribution in [0.15, 0.2) is 73.1 Å². The summed E-state index contributed by atoms with van der Waals surface area (Å²) in [5.74, 6) is 1.04. The summed E-state index contributed by atoms with van der Waals surface area (Å²) in [7, 11) is 0. The molecule has 4 heteroatoms. The first-order chi connectivity index (χ1) is 12.8. The van der Waals surface area contributed by atoms with Crippen molar-refractivity contribution >= 4 is 5.82 Å². The van der Waals surface area contributed by atoms with Crippen molar-refractivity contribution in [2.45, 2.75) is 13.0 Å². The molecule has 2 heterocycles. The summed E-state index contributed by atoms with van der Waals surface area (Å²) >= 11 is 0. The van der Waals surface area contributed by atoms with Crippen LogP contribution < -0.4 is 4.90 Å². The highest BCUT2D eigenvalue weighted by Gasteiger charge is 2.26. The minimum Gasteiger partial charge on any atom is -0.354 e. The molecule has 2 aromatic carbocycles. The molecule has 26 heavy (non-hydrogen) atoms. The number of aryl methyl sites for hydroxylation is 1. The Kier molecular flexibility index (Phi) is 4.93. The molecule has 1 aliphatic rings. The van der Waals surface area contributed by atoms with Gasteiger partial charge in [0, 0.05) is 37.9 Å². The Morgan fingerprint density at radius 1 is 0.769 bits per heavy atom. The number of rotatable bonds is 4. The molecule has 0 atom stereocenters. The lowest BCUT2D eigenvalue weighted by molar-refractivity contribution is 0.212. The van der Waals surface area contributed by atoms with Crippen molar-refractivity contribution in [1.82, 2.24) is 14.9 Å². The van der Waals surface area contributed by atoms with Gasteiger partial charge in [0.1, 0.15) is 12.1 Å². The van der Waals surface area contributed by atoms with E-state index in [0.29, 0.717) is 6.04 Å². The summed E-state index contributed by atoms with van der Waals surface area (Å²) in [5, 5.41) is 0. The van der Waals surface area contributed by atoms with Crippen molar-refractivity contribution in [3.05, 3.63) is 89.9 Å². The molecular weight excluding hydrogens is 320 g/mol. The minimum atomic E-state index is 0.298. The quantitative estimate of drug-likeness (QED) is 0.722. The van der Waals surface area contributed by atoms with Crippen LogP contribution in [0.1, 0.15) is 22.9 Å². The normalized spacial score (nSPS) is 15.4. The Balaban J connectivity index is 1.55. The fraction of sp³-hybridized carbons (Fsp3) is 0.273. The largest absolute Gasteiger partial charge is 0.354 e. The molecule has 0 radical (unpaired) electrons. The maximum atomic E-state index is 4.45.